The average molecular weight is 636 g/mol. The Morgan fingerprint density at radius 1 is 1.12 bits per heavy atom. The van der Waals surface area contributed by atoms with Crippen LogP contribution in [0.2, 0.25) is 5.02 Å². The topological polar surface area (TPSA) is 120 Å². The number of nitrogens with zero attached hydrogens (tertiary/aromatic N) is 4. The first-order valence-corrected chi connectivity index (χ1v) is 15.5. The third-order valence-corrected chi connectivity index (χ3v) is 9.01. The van der Waals surface area contributed by atoms with Gasteiger partial charge in [0.15, 0.2) is 4.34 Å². The molecule has 0 fully saturated rings. The van der Waals surface area contributed by atoms with Crippen LogP contribution in [0.1, 0.15) is 5.56 Å². The zero-order chi connectivity index (χ0) is 29.3. The average Bonchev–Trinajstić information content (AvgIpc) is 3.41. The largest absolute Gasteiger partial charge is 0.492 e. The zero-order valence-corrected chi connectivity index (χ0v) is 25.0. The number of aromatic nitrogens is 2. The Kier molecular flexibility index (Phi) is 10.0. The molecule has 0 bridgehead atoms. The molecule has 1 N–H and O–H groups in total. The van der Waals surface area contributed by atoms with Crippen molar-refractivity contribution in [3.05, 3.63) is 106 Å². The molecule has 0 radical (unpaired) electrons. The number of pyridine rings is 1. The van der Waals surface area contributed by atoms with E-state index in [1.165, 1.54) is 40.9 Å². The maximum absolute atomic E-state index is 12.2. The number of benzene rings is 3. The van der Waals surface area contributed by atoms with E-state index < -0.39 is 4.92 Å². The normalized spacial score (nSPS) is 11.2. The highest BCUT2D eigenvalue weighted by atomic mass is 35.5. The Morgan fingerprint density at radius 3 is 2.76 bits per heavy atom. The SMILES string of the molecule is O=C(CSc1nc2ccc(N=Cc3ccc(Sc4ccccn4)c([N+](=O)[O-])c3)cc2s1)NCCOc1ccc(Cl)cc1. The summed E-state index contributed by atoms with van der Waals surface area (Å²) >= 11 is 9.94. The number of hydrogen-bond donors (Lipinski definition) is 1. The fourth-order valence-corrected chi connectivity index (χ4v) is 6.53. The minimum absolute atomic E-state index is 0.00713. The van der Waals surface area contributed by atoms with Crippen molar-refractivity contribution < 1.29 is 14.5 Å². The predicted octanol–water partition coefficient (Wildman–Crippen LogP) is 7.44. The number of halogens is 1. The number of hydrogen-bond acceptors (Lipinski definition) is 10. The lowest BCUT2D eigenvalue weighted by Crippen LogP contribution is -2.29. The molecule has 42 heavy (non-hydrogen) atoms. The molecule has 0 aliphatic heterocycles. The van der Waals surface area contributed by atoms with Crippen molar-refractivity contribution in [3.8, 4) is 5.75 Å². The Morgan fingerprint density at radius 2 is 1.98 bits per heavy atom. The summed E-state index contributed by atoms with van der Waals surface area (Å²) in [5.41, 5.74) is 2.10. The zero-order valence-electron chi connectivity index (χ0n) is 21.8. The van der Waals surface area contributed by atoms with E-state index >= 15 is 0 Å². The van der Waals surface area contributed by atoms with Crippen LogP contribution in [0.3, 0.4) is 0 Å². The van der Waals surface area contributed by atoms with E-state index in [-0.39, 0.29) is 17.3 Å². The van der Waals surface area contributed by atoms with Crippen LogP contribution >= 0.6 is 46.5 Å². The van der Waals surface area contributed by atoms with Crippen molar-refractivity contribution in [2.75, 3.05) is 18.9 Å². The van der Waals surface area contributed by atoms with E-state index in [1.54, 1.807) is 60.9 Å². The first kappa shape index (κ1) is 29.5. The number of thioether (sulfide) groups is 1. The van der Waals surface area contributed by atoms with Crippen molar-refractivity contribution in [1.29, 1.82) is 0 Å². The van der Waals surface area contributed by atoms with Crippen LogP contribution in [-0.2, 0) is 4.79 Å². The molecular formula is C29H22ClN5O4S3. The van der Waals surface area contributed by atoms with Crippen molar-refractivity contribution in [2.45, 2.75) is 14.3 Å². The monoisotopic (exact) mass is 635 g/mol. The number of thiazole rings is 1. The summed E-state index contributed by atoms with van der Waals surface area (Å²) in [6.07, 6.45) is 3.25. The lowest BCUT2D eigenvalue weighted by Gasteiger charge is -2.07. The van der Waals surface area contributed by atoms with Gasteiger partial charge in [-0.2, -0.15) is 0 Å². The van der Waals surface area contributed by atoms with Gasteiger partial charge in [-0.05, 0) is 66.2 Å². The smallest absolute Gasteiger partial charge is 0.283 e. The lowest BCUT2D eigenvalue weighted by atomic mass is 10.2. The van der Waals surface area contributed by atoms with E-state index in [2.05, 4.69) is 20.3 Å². The van der Waals surface area contributed by atoms with Gasteiger partial charge in [-0.25, -0.2) is 9.97 Å². The number of amides is 1. The van der Waals surface area contributed by atoms with E-state index in [0.717, 1.165) is 14.6 Å². The van der Waals surface area contributed by atoms with E-state index in [4.69, 9.17) is 16.3 Å². The van der Waals surface area contributed by atoms with Gasteiger partial charge in [0.1, 0.15) is 17.4 Å². The molecule has 0 atom stereocenters. The molecule has 0 saturated heterocycles. The molecule has 0 saturated carbocycles. The molecule has 5 aromatic rings. The number of fused-ring (bicyclic) bond motifs is 1. The molecule has 0 unspecified atom stereocenters. The minimum atomic E-state index is -0.402. The van der Waals surface area contributed by atoms with Gasteiger partial charge in [0.2, 0.25) is 5.91 Å². The summed E-state index contributed by atoms with van der Waals surface area (Å²) in [6, 6.07) is 23.1. The molecule has 2 heterocycles. The van der Waals surface area contributed by atoms with Crippen LogP contribution in [0.15, 0.2) is 104 Å². The second-order valence-corrected chi connectivity index (χ2v) is 12.3. The number of rotatable bonds is 12. The molecule has 13 heteroatoms. The van der Waals surface area contributed by atoms with Crippen LogP contribution < -0.4 is 10.1 Å². The van der Waals surface area contributed by atoms with Crippen molar-refractivity contribution in [1.82, 2.24) is 15.3 Å². The highest BCUT2D eigenvalue weighted by Gasteiger charge is 2.16. The van der Waals surface area contributed by atoms with Gasteiger partial charge in [-0.1, -0.05) is 47.3 Å². The fourth-order valence-electron chi connectivity index (χ4n) is 3.62. The van der Waals surface area contributed by atoms with Gasteiger partial charge in [-0.15, -0.1) is 11.3 Å². The summed E-state index contributed by atoms with van der Waals surface area (Å²) in [5, 5.41) is 15.8. The maximum atomic E-state index is 12.2. The quantitative estimate of drug-likeness (QED) is 0.0494. The van der Waals surface area contributed by atoms with Gasteiger partial charge < -0.3 is 10.1 Å². The highest BCUT2D eigenvalue weighted by Crippen LogP contribution is 2.35. The van der Waals surface area contributed by atoms with Gasteiger partial charge in [0.25, 0.3) is 5.69 Å². The molecule has 0 spiro atoms. The first-order chi connectivity index (χ1) is 20.4. The Bertz CT molecular complexity index is 1730. The van der Waals surface area contributed by atoms with Crippen molar-refractivity contribution in [2.24, 2.45) is 4.99 Å². The number of carbonyl (C=O) groups excluding carboxylic acids is 1. The fraction of sp³-hybridized carbons (Fsp3) is 0.103. The molecule has 0 aliphatic carbocycles. The molecule has 2 aromatic heterocycles. The number of ether oxygens (including phenoxy) is 1. The van der Waals surface area contributed by atoms with Crippen LogP contribution in [0.5, 0.6) is 5.75 Å². The Hall–Kier alpha value is -3.97. The second kappa shape index (κ2) is 14.3. The maximum Gasteiger partial charge on any atom is 0.283 e. The third-order valence-electron chi connectivity index (χ3n) is 5.58. The third kappa shape index (κ3) is 8.29. The van der Waals surface area contributed by atoms with Crippen molar-refractivity contribution >= 4 is 80.2 Å². The van der Waals surface area contributed by atoms with Gasteiger partial charge >= 0.3 is 0 Å². The molecule has 0 aliphatic rings. The number of aliphatic imine (C=N–C) groups is 1. The van der Waals surface area contributed by atoms with Gasteiger partial charge in [0.05, 0.1) is 38.0 Å². The number of nitrogens with one attached hydrogen (secondary N) is 1. The van der Waals surface area contributed by atoms with Crippen LogP contribution in [-0.4, -0.2) is 45.9 Å². The highest BCUT2D eigenvalue weighted by molar-refractivity contribution is 8.01. The molecule has 3 aromatic carbocycles. The molecule has 9 nitrogen and oxygen atoms in total. The summed E-state index contributed by atoms with van der Waals surface area (Å²) in [6.45, 7) is 0.738. The predicted molar refractivity (Wildman–Crippen MR) is 169 cm³/mol. The molecule has 5 rings (SSSR count). The lowest BCUT2D eigenvalue weighted by molar-refractivity contribution is -0.387. The van der Waals surface area contributed by atoms with E-state index in [1.807, 2.05) is 24.3 Å². The van der Waals surface area contributed by atoms with Gasteiger partial charge in [-0.3, -0.25) is 19.9 Å². The van der Waals surface area contributed by atoms with E-state index in [0.29, 0.717) is 45.1 Å². The standard InChI is InChI=1S/C29H22ClN5O4S3/c30-20-5-8-22(9-6-20)39-14-13-31-27(36)18-40-29-34-23-10-7-21(16-26(23)42-29)33-17-19-4-11-25(24(15-19)35(37)38)41-28-3-1-2-12-32-28/h1-12,15-17H,13-14,18H2,(H,31,36). The minimum Gasteiger partial charge on any atom is -0.492 e. The second-order valence-electron chi connectivity index (χ2n) is 8.59. The summed E-state index contributed by atoms with van der Waals surface area (Å²) in [5.74, 6) is 0.818. The van der Waals surface area contributed by atoms with Gasteiger partial charge in [0, 0.05) is 23.5 Å². The molecule has 1 amide bonds. The van der Waals surface area contributed by atoms with E-state index in [9.17, 15) is 14.9 Å². The number of nitro groups is 1. The Balaban J connectivity index is 1.15. The summed E-state index contributed by atoms with van der Waals surface area (Å²) in [4.78, 5) is 37.4. The Labute approximate surface area is 258 Å². The van der Waals surface area contributed by atoms with Crippen molar-refractivity contribution in [3.63, 3.8) is 0 Å². The summed E-state index contributed by atoms with van der Waals surface area (Å²) < 4.78 is 7.28. The van der Waals surface area contributed by atoms with Crippen LogP contribution in [0.25, 0.3) is 10.2 Å². The molecular weight excluding hydrogens is 614 g/mol. The van der Waals surface area contributed by atoms with Crippen LogP contribution in [0, 0.1) is 10.1 Å². The molecule has 212 valence electrons. The first-order valence-electron chi connectivity index (χ1n) is 12.5. The number of nitro benzene ring substituents is 1. The summed E-state index contributed by atoms with van der Waals surface area (Å²) in [7, 11) is 0. The van der Waals surface area contributed by atoms with Crippen LogP contribution in [0.4, 0.5) is 11.4 Å². The number of carbonyl (C=O) groups is 1.